The van der Waals surface area contributed by atoms with E-state index in [9.17, 15) is 18.0 Å². The fourth-order valence-corrected chi connectivity index (χ4v) is 4.30. The standard InChI is InChI=1S/C17H17F3N4OS/c1-10-22-14(9-26-10)16(25)24-7-11-5-23(6-12(11)8-24)15-3-2-13(4-21-15)17(18,19)20/h2-4,9,11-12H,5-8H2,1H3. The lowest BCUT2D eigenvalue weighted by atomic mass is 10.0. The molecule has 26 heavy (non-hydrogen) atoms. The van der Waals surface area contributed by atoms with Crippen LogP contribution in [-0.2, 0) is 6.18 Å². The first-order valence-corrected chi connectivity index (χ1v) is 9.19. The number of fused-ring (bicyclic) bond motifs is 1. The van der Waals surface area contributed by atoms with Crippen molar-refractivity contribution in [2.24, 2.45) is 11.8 Å². The van der Waals surface area contributed by atoms with Gasteiger partial charge in [-0.15, -0.1) is 11.3 Å². The summed E-state index contributed by atoms with van der Waals surface area (Å²) in [6, 6.07) is 2.49. The summed E-state index contributed by atoms with van der Waals surface area (Å²) in [7, 11) is 0. The predicted molar refractivity (Wildman–Crippen MR) is 91.2 cm³/mol. The maximum absolute atomic E-state index is 12.6. The Morgan fingerprint density at radius 2 is 1.88 bits per heavy atom. The van der Waals surface area contributed by atoms with Crippen LogP contribution in [0.4, 0.5) is 19.0 Å². The highest BCUT2D eigenvalue weighted by Crippen LogP contribution is 2.35. The molecule has 2 saturated heterocycles. The Morgan fingerprint density at radius 3 is 2.38 bits per heavy atom. The zero-order chi connectivity index (χ0) is 18.5. The summed E-state index contributed by atoms with van der Waals surface area (Å²) >= 11 is 1.46. The molecule has 2 aromatic heterocycles. The third-order valence-electron chi connectivity index (χ3n) is 5.01. The monoisotopic (exact) mass is 382 g/mol. The minimum atomic E-state index is -4.37. The van der Waals surface area contributed by atoms with Crippen LogP contribution in [0.3, 0.4) is 0 Å². The molecule has 1 amide bonds. The van der Waals surface area contributed by atoms with Crippen LogP contribution in [0, 0.1) is 18.8 Å². The number of thiazole rings is 1. The van der Waals surface area contributed by atoms with Crippen LogP contribution >= 0.6 is 11.3 Å². The molecule has 0 aliphatic carbocycles. The van der Waals surface area contributed by atoms with E-state index in [-0.39, 0.29) is 5.91 Å². The topological polar surface area (TPSA) is 49.3 Å². The minimum Gasteiger partial charge on any atom is -0.356 e. The third-order valence-corrected chi connectivity index (χ3v) is 5.78. The third kappa shape index (κ3) is 3.15. The molecule has 5 nitrogen and oxygen atoms in total. The van der Waals surface area contributed by atoms with E-state index in [1.807, 2.05) is 16.7 Å². The van der Waals surface area contributed by atoms with Crippen molar-refractivity contribution in [1.29, 1.82) is 0 Å². The minimum absolute atomic E-state index is 0.0389. The second-order valence-electron chi connectivity index (χ2n) is 6.79. The van der Waals surface area contributed by atoms with Gasteiger partial charge in [-0.25, -0.2) is 9.97 Å². The fourth-order valence-electron chi connectivity index (χ4n) is 3.71. The highest BCUT2D eigenvalue weighted by molar-refractivity contribution is 7.09. The van der Waals surface area contributed by atoms with E-state index >= 15 is 0 Å². The summed E-state index contributed by atoms with van der Waals surface area (Å²) in [4.78, 5) is 24.6. The number of amides is 1. The molecular weight excluding hydrogens is 365 g/mol. The number of hydrogen-bond acceptors (Lipinski definition) is 5. The van der Waals surface area contributed by atoms with Gasteiger partial charge in [-0.05, 0) is 19.1 Å². The van der Waals surface area contributed by atoms with Gasteiger partial charge in [0.2, 0.25) is 0 Å². The Morgan fingerprint density at radius 1 is 1.19 bits per heavy atom. The quantitative estimate of drug-likeness (QED) is 0.801. The predicted octanol–water partition coefficient (Wildman–Crippen LogP) is 3.07. The normalized spacial score (nSPS) is 22.8. The summed E-state index contributed by atoms with van der Waals surface area (Å²) in [5.41, 5.74) is -0.246. The molecule has 2 atom stereocenters. The highest BCUT2D eigenvalue weighted by Gasteiger charge is 2.42. The molecule has 2 aliphatic rings. The molecule has 2 aliphatic heterocycles. The van der Waals surface area contributed by atoms with Crippen LogP contribution < -0.4 is 4.90 Å². The number of aromatic nitrogens is 2. The van der Waals surface area contributed by atoms with Crippen LogP contribution in [0.2, 0.25) is 0 Å². The van der Waals surface area contributed by atoms with Gasteiger partial charge in [-0.1, -0.05) is 0 Å². The highest BCUT2D eigenvalue weighted by atomic mass is 32.1. The average molecular weight is 382 g/mol. The second-order valence-corrected chi connectivity index (χ2v) is 7.85. The summed E-state index contributed by atoms with van der Waals surface area (Å²) in [5.74, 6) is 1.13. The number of pyridine rings is 1. The number of likely N-dealkylation sites (tertiary alicyclic amines) is 1. The van der Waals surface area contributed by atoms with Crippen LogP contribution in [0.25, 0.3) is 0 Å². The van der Waals surface area contributed by atoms with Crippen molar-refractivity contribution in [3.8, 4) is 0 Å². The summed E-state index contributed by atoms with van der Waals surface area (Å²) < 4.78 is 37.9. The van der Waals surface area contributed by atoms with E-state index in [1.165, 1.54) is 17.4 Å². The number of carbonyl (C=O) groups is 1. The SMILES string of the molecule is Cc1nc(C(=O)N2CC3CN(c4ccc(C(F)(F)F)cn4)CC3C2)cs1. The van der Waals surface area contributed by atoms with Crippen molar-refractivity contribution in [1.82, 2.24) is 14.9 Å². The Hall–Kier alpha value is -2.16. The molecule has 0 radical (unpaired) electrons. The van der Waals surface area contributed by atoms with Gasteiger partial charge in [0.25, 0.3) is 5.91 Å². The average Bonchev–Trinajstić information content (AvgIpc) is 3.27. The van der Waals surface area contributed by atoms with Crippen molar-refractivity contribution >= 4 is 23.1 Å². The lowest BCUT2D eigenvalue weighted by Gasteiger charge is -2.22. The maximum atomic E-state index is 12.6. The molecule has 0 aromatic carbocycles. The van der Waals surface area contributed by atoms with Gasteiger partial charge in [0.15, 0.2) is 0 Å². The first kappa shape index (κ1) is 17.3. The van der Waals surface area contributed by atoms with E-state index in [2.05, 4.69) is 9.97 Å². The van der Waals surface area contributed by atoms with Crippen molar-refractivity contribution in [2.75, 3.05) is 31.1 Å². The van der Waals surface area contributed by atoms with Crippen LogP contribution in [0.5, 0.6) is 0 Å². The summed E-state index contributed by atoms with van der Waals surface area (Å²) in [6.07, 6.45) is -3.49. The van der Waals surface area contributed by atoms with Crippen molar-refractivity contribution in [2.45, 2.75) is 13.1 Å². The van der Waals surface area contributed by atoms with Gasteiger partial charge in [0, 0.05) is 49.6 Å². The number of anilines is 1. The fraction of sp³-hybridized carbons (Fsp3) is 0.471. The first-order valence-electron chi connectivity index (χ1n) is 8.31. The zero-order valence-electron chi connectivity index (χ0n) is 14.0. The molecule has 2 aromatic rings. The molecule has 0 spiro atoms. The first-order chi connectivity index (χ1) is 12.3. The Balaban J connectivity index is 1.40. The van der Waals surface area contributed by atoms with E-state index in [0.29, 0.717) is 49.5 Å². The molecule has 0 saturated carbocycles. The molecule has 2 unspecified atom stereocenters. The number of rotatable bonds is 2. The van der Waals surface area contributed by atoms with Gasteiger partial charge >= 0.3 is 6.18 Å². The van der Waals surface area contributed by atoms with Gasteiger partial charge in [-0.2, -0.15) is 13.2 Å². The zero-order valence-corrected chi connectivity index (χ0v) is 14.8. The number of carbonyl (C=O) groups excluding carboxylic acids is 1. The van der Waals surface area contributed by atoms with Crippen LogP contribution in [-0.4, -0.2) is 47.0 Å². The van der Waals surface area contributed by atoms with E-state index < -0.39 is 11.7 Å². The number of halogens is 3. The number of nitrogens with zero attached hydrogens (tertiary/aromatic N) is 4. The smallest absolute Gasteiger partial charge is 0.356 e. The Bertz CT molecular complexity index is 806. The molecular formula is C17H17F3N4OS. The lowest BCUT2D eigenvalue weighted by Crippen LogP contribution is -2.33. The number of hydrogen-bond donors (Lipinski definition) is 0. The Labute approximate surface area is 152 Å². The molecule has 0 bridgehead atoms. The Kier molecular flexibility index (Phi) is 4.13. The number of alkyl halides is 3. The van der Waals surface area contributed by atoms with Crippen LogP contribution in [0.1, 0.15) is 21.1 Å². The van der Waals surface area contributed by atoms with E-state index in [4.69, 9.17) is 0 Å². The van der Waals surface area contributed by atoms with Crippen molar-refractivity contribution in [3.63, 3.8) is 0 Å². The number of aryl methyl sites for hydroxylation is 1. The van der Waals surface area contributed by atoms with Crippen LogP contribution in [0.15, 0.2) is 23.7 Å². The van der Waals surface area contributed by atoms with Gasteiger partial charge < -0.3 is 9.80 Å². The van der Waals surface area contributed by atoms with Crippen molar-refractivity contribution in [3.05, 3.63) is 40.0 Å². The second kappa shape index (κ2) is 6.22. The molecule has 9 heteroatoms. The van der Waals surface area contributed by atoms with E-state index in [1.54, 1.807) is 5.38 Å². The van der Waals surface area contributed by atoms with Gasteiger partial charge in [-0.3, -0.25) is 4.79 Å². The molecule has 138 valence electrons. The van der Waals surface area contributed by atoms with Gasteiger partial charge in [0.1, 0.15) is 11.5 Å². The maximum Gasteiger partial charge on any atom is 0.417 e. The molecule has 2 fully saturated rings. The molecule has 4 heterocycles. The summed E-state index contributed by atoms with van der Waals surface area (Å²) in [6.45, 7) is 4.56. The van der Waals surface area contributed by atoms with Crippen molar-refractivity contribution < 1.29 is 18.0 Å². The molecule has 4 rings (SSSR count). The molecule has 0 N–H and O–H groups in total. The summed E-state index contributed by atoms with van der Waals surface area (Å²) in [5, 5.41) is 2.65. The van der Waals surface area contributed by atoms with Gasteiger partial charge in [0.05, 0.1) is 10.6 Å². The van der Waals surface area contributed by atoms with E-state index in [0.717, 1.165) is 17.3 Å². The lowest BCUT2D eigenvalue weighted by molar-refractivity contribution is -0.137. The largest absolute Gasteiger partial charge is 0.417 e.